The lowest BCUT2D eigenvalue weighted by Gasteiger charge is -2.24. The average molecular weight is 342 g/mol. The van der Waals surface area contributed by atoms with Crippen molar-refractivity contribution in [3.8, 4) is 5.75 Å². The second kappa shape index (κ2) is 8.14. The number of rotatable bonds is 7. The van der Waals surface area contributed by atoms with Crippen LogP contribution in [0.2, 0.25) is 0 Å². The van der Waals surface area contributed by atoms with Crippen molar-refractivity contribution in [2.45, 2.75) is 44.6 Å². The normalized spacial score (nSPS) is 17.0. The van der Waals surface area contributed by atoms with E-state index in [1.54, 1.807) is 13.4 Å². The molecule has 1 aliphatic rings. The zero-order valence-electron chi connectivity index (χ0n) is 15.0. The number of aryl methyl sites for hydroxylation is 3. The number of methoxy groups -OCH3 is 1. The number of benzene rings is 1. The maximum atomic E-state index is 12.7. The van der Waals surface area contributed by atoms with E-state index in [1.807, 2.05) is 35.9 Å². The molecule has 0 spiro atoms. The van der Waals surface area contributed by atoms with Crippen LogP contribution in [0.1, 0.15) is 37.1 Å². The van der Waals surface area contributed by atoms with Crippen LogP contribution in [0.25, 0.3) is 0 Å². The van der Waals surface area contributed by atoms with E-state index < -0.39 is 0 Å². The minimum atomic E-state index is 0.253. The molecule has 1 amide bonds. The molecular formula is C19H26N4O2. The standard InChI is InChI=1S/C19H26N4O2/c1-22-14-20-21-18(22)10-9-16-6-4-12-23(16)19(24)11-8-15-5-3-7-17(13-15)25-2/h3,5,7,13-14,16H,4,6,8-12H2,1-2H3. The molecule has 1 atom stereocenters. The molecule has 1 saturated heterocycles. The Kier molecular flexibility index (Phi) is 5.68. The molecule has 25 heavy (non-hydrogen) atoms. The van der Waals surface area contributed by atoms with Crippen molar-refractivity contribution in [3.63, 3.8) is 0 Å². The van der Waals surface area contributed by atoms with Gasteiger partial charge < -0.3 is 14.2 Å². The van der Waals surface area contributed by atoms with Gasteiger partial charge in [-0.3, -0.25) is 4.79 Å². The minimum absolute atomic E-state index is 0.253. The first-order chi connectivity index (χ1) is 12.2. The maximum absolute atomic E-state index is 12.7. The van der Waals surface area contributed by atoms with Crippen molar-refractivity contribution in [2.75, 3.05) is 13.7 Å². The van der Waals surface area contributed by atoms with Crippen LogP contribution in [0.15, 0.2) is 30.6 Å². The Balaban J connectivity index is 1.52. The van der Waals surface area contributed by atoms with Crippen LogP contribution < -0.4 is 4.74 Å². The van der Waals surface area contributed by atoms with Crippen molar-refractivity contribution in [3.05, 3.63) is 42.0 Å². The van der Waals surface area contributed by atoms with Crippen molar-refractivity contribution < 1.29 is 9.53 Å². The number of nitrogens with zero attached hydrogens (tertiary/aromatic N) is 4. The maximum Gasteiger partial charge on any atom is 0.223 e. The number of carbonyl (C=O) groups excluding carboxylic acids is 1. The third kappa shape index (κ3) is 4.38. The third-order valence-corrected chi connectivity index (χ3v) is 4.97. The SMILES string of the molecule is COc1cccc(CCC(=O)N2CCCC2CCc2nncn2C)c1. The van der Waals surface area contributed by atoms with Crippen LogP contribution >= 0.6 is 0 Å². The van der Waals surface area contributed by atoms with Gasteiger partial charge in [0.25, 0.3) is 0 Å². The average Bonchev–Trinajstić information content (AvgIpc) is 3.26. The van der Waals surface area contributed by atoms with E-state index in [1.165, 1.54) is 0 Å². The summed E-state index contributed by atoms with van der Waals surface area (Å²) in [4.78, 5) is 14.7. The number of aromatic nitrogens is 3. The van der Waals surface area contributed by atoms with Gasteiger partial charge in [-0.2, -0.15) is 0 Å². The Morgan fingerprint density at radius 3 is 3.00 bits per heavy atom. The van der Waals surface area contributed by atoms with Gasteiger partial charge in [-0.15, -0.1) is 10.2 Å². The first-order valence-corrected chi connectivity index (χ1v) is 8.92. The molecule has 1 aromatic heterocycles. The van der Waals surface area contributed by atoms with E-state index in [0.717, 1.165) is 55.8 Å². The quantitative estimate of drug-likeness (QED) is 0.775. The van der Waals surface area contributed by atoms with E-state index in [-0.39, 0.29) is 5.91 Å². The minimum Gasteiger partial charge on any atom is -0.497 e. The number of amides is 1. The Labute approximate surface area is 148 Å². The molecule has 6 nitrogen and oxygen atoms in total. The molecule has 0 radical (unpaired) electrons. The molecule has 1 fully saturated rings. The molecule has 1 unspecified atom stereocenters. The monoisotopic (exact) mass is 342 g/mol. The topological polar surface area (TPSA) is 60.2 Å². The molecular weight excluding hydrogens is 316 g/mol. The van der Waals surface area contributed by atoms with Gasteiger partial charge in [0.1, 0.15) is 17.9 Å². The van der Waals surface area contributed by atoms with E-state index in [9.17, 15) is 4.79 Å². The van der Waals surface area contributed by atoms with Crippen molar-refractivity contribution >= 4 is 5.91 Å². The molecule has 0 N–H and O–H groups in total. The Morgan fingerprint density at radius 2 is 2.24 bits per heavy atom. The van der Waals surface area contributed by atoms with Gasteiger partial charge in [-0.1, -0.05) is 12.1 Å². The van der Waals surface area contributed by atoms with Crippen LogP contribution in [0, 0.1) is 0 Å². The fourth-order valence-electron chi connectivity index (χ4n) is 3.52. The van der Waals surface area contributed by atoms with Gasteiger partial charge in [0, 0.05) is 32.5 Å². The van der Waals surface area contributed by atoms with Crippen molar-refractivity contribution in [1.29, 1.82) is 0 Å². The second-order valence-electron chi connectivity index (χ2n) is 6.63. The summed E-state index contributed by atoms with van der Waals surface area (Å²) in [5.41, 5.74) is 1.14. The van der Waals surface area contributed by atoms with E-state index in [4.69, 9.17) is 4.74 Å². The zero-order chi connectivity index (χ0) is 17.6. The molecule has 6 heteroatoms. The van der Waals surface area contributed by atoms with Crippen LogP contribution in [0.3, 0.4) is 0 Å². The summed E-state index contributed by atoms with van der Waals surface area (Å²) >= 11 is 0. The Hall–Kier alpha value is -2.37. The fraction of sp³-hybridized carbons (Fsp3) is 0.526. The van der Waals surface area contributed by atoms with Crippen LogP contribution in [-0.2, 0) is 24.7 Å². The number of carbonyl (C=O) groups is 1. The highest BCUT2D eigenvalue weighted by atomic mass is 16.5. The summed E-state index contributed by atoms with van der Waals surface area (Å²) < 4.78 is 7.20. The van der Waals surface area contributed by atoms with E-state index in [2.05, 4.69) is 15.1 Å². The van der Waals surface area contributed by atoms with Crippen LogP contribution in [-0.4, -0.2) is 45.3 Å². The van der Waals surface area contributed by atoms with Gasteiger partial charge in [-0.25, -0.2) is 0 Å². The zero-order valence-corrected chi connectivity index (χ0v) is 15.0. The number of hydrogen-bond donors (Lipinski definition) is 0. The first-order valence-electron chi connectivity index (χ1n) is 8.92. The molecule has 134 valence electrons. The summed E-state index contributed by atoms with van der Waals surface area (Å²) in [5, 5.41) is 8.06. The molecule has 1 aliphatic heterocycles. The van der Waals surface area contributed by atoms with Crippen molar-refractivity contribution in [2.24, 2.45) is 7.05 Å². The predicted octanol–water partition coefficient (Wildman–Crippen LogP) is 2.38. The van der Waals surface area contributed by atoms with Crippen LogP contribution in [0.4, 0.5) is 0 Å². The smallest absolute Gasteiger partial charge is 0.223 e. The second-order valence-corrected chi connectivity index (χ2v) is 6.63. The first kappa shape index (κ1) is 17.5. The molecule has 0 aliphatic carbocycles. The summed E-state index contributed by atoms with van der Waals surface area (Å²) in [5.74, 6) is 2.08. The van der Waals surface area contributed by atoms with Gasteiger partial charge in [-0.05, 0) is 43.4 Å². The lowest BCUT2D eigenvalue weighted by Crippen LogP contribution is -2.36. The largest absolute Gasteiger partial charge is 0.497 e. The van der Waals surface area contributed by atoms with Gasteiger partial charge in [0.15, 0.2) is 0 Å². The lowest BCUT2D eigenvalue weighted by molar-refractivity contribution is -0.132. The Morgan fingerprint density at radius 1 is 1.36 bits per heavy atom. The van der Waals surface area contributed by atoms with Crippen molar-refractivity contribution in [1.82, 2.24) is 19.7 Å². The molecule has 0 bridgehead atoms. The molecule has 2 heterocycles. The van der Waals surface area contributed by atoms with Gasteiger partial charge in [0.05, 0.1) is 7.11 Å². The summed E-state index contributed by atoms with van der Waals surface area (Å²) in [6.45, 7) is 0.875. The van der Waals surface area contributed by atoms with E-state index >= 15 is 0 Å². The Bertz CT molecular complexity index is 713. The molecule has 0 saturated carbocycles. The van der Waals surface area contributed by atoms with Gasteiger partial charge in [0.2, 0.25) is 5.91 Å². The summed E-state index contributed by atoms with van der Waals surface area (Å²) in [7, 11) is 3.62. The third-order valence-electron chi connectivity index (χ3n) is 4.97. The summed E-state index contributed by atoms with van der Waals surface area (Å²) in [6, 6.07) is 8.27. The highest BCUT2D eigenvalue weighted by Crippen LogP contribution is 2.23. The highest BCUT2D eigenvalue weighted by molar-refractivity contribution is 5.77. The van der Waals surface area contributed by atoms with E-state index in [0.29, 0.717) is 12.5 Å². The highest BCUT2D eigenvalue weighted by Gasteiger charge is 2.28. The van der Waals surface area contributed by atoms with Gasteiger partial charge >= 0.3 is 0 Å². The summed E-state index contributed by atoms with van der Waals surface area (Å²) in [6.07, 6.45) is 7.02. The number of likely N-dealkylation sites (tertiary alicyclic amines) is 1. The van der Waals surface area contributed by atoms with Crippen LogP contribution in [0.5, 0.6) is 5.75 Å². The number of hydrogen-bond acceptors (Lipinski definition) is 4. The predicted molar refractivity (Wildman–Crippen MR) is 95.4 cm³/mol. The molecule has 2 aromatic rings. The molecule has 1 aromatic carbocycles. The molecule has 3 rings (SSSR count). The lowest BCUT2D eigenvalue weighted by atomic mass is 10.1. The fourth-order valence-corrected chi connectivity index (χ4v) is 3.52. The number of ether oxygens (including phenoxy) is 1.